The highest BCUT2D eigenvalue weighted by atomic mass is 35.5. The molecule has 0 radical (unpaired) electrons. The highest BCUT2D eigenvalue weighted by Crippen LogP contribution is 2.22. The molecule has 1 N–H and O–H groups in total. The van der Waals surface area contributed by atoms with Crippen LogP contribution in [-0.2, 0) is 29.0 Å². The summed E-state index contributed by atoms with van der Waals surface area (Å²) in [5.74, 6) is -0.252. The predicted molar refractivity (Wildman–Crippen MR) is 139 cm³/mol. The minimum absolute atomic E-state index is 0.0133. The van der Waals surface area contributed by atoms with E-state index in [-0.39, 0.29) is 30.8 Å². The van der Waals surface area contributed by atoms with Crippen LogP contribution in [-0.4, -0.2) is 28.8 Å². The third-order valence-electron chi connectivity index (χ3n) is 6.17. The lowest BCUT2D eigenvalue weighted by Crippen LogP contribution is -2.52. The summed E-state index contributed by atoms with van der Waals surface area (Å²) in [7, 11) is 0. The second kappa shape index (κ2) is 12.4. The Balaban J connectivity index is 2.00. The first-order valence-electron chi connectivity index (χ1n) is 11.8. The first-order chi connectivity index (χ1) is 16.4. The van der Waals surface area contributed by atoms with Crippen molar-refractivity contribution in [2.24, 2.45) is 0 Å². The van der Waals surface area contributed by atoms with Gasteiger partial charge in [0.25, 0.3) is 0 Å². The zero-order valence-corrected chi connectivity index (χ0v) is 20.9. The minimum Gasteiger partial charge on any atom is -0.352 e. The minimum atomic E-state index is -0.663. The molecule has 2 atom stereocenters. The van der Waals surface area contributed by atoms with E-state index in [2.05, 4.69) is 5.32 Å². The molecule has 0 saturated carbocycles. The Bertz CT molecular complexity index is 1100. The molecule has 4 nitrogen and oxygen atoms in total. The maximum Gasteiger partial charge on any atom is 0.243 e. The second-order valence-corrected chi connectivity index (χ2v) is 9.15. The molecular weight excluding hydrogens is 444 g/mol. The normalized spacial score (nSPS) is 12.6. The summed E-state index contributed by atoms with van der Waals surface area (Å²) in [6.07, 6.45) is 1.46. The predicted octanol–water partition coefficient (Wildman–Crippen LogP) is 5.75. The summed E-state index contributed by atoms with van der Waals surface area (Å²) < 4.78 is 0. The van der Waals surface area contributed by atoms with Gasteiger partial charge in [0.1, 0.15) is 6.04 Å². The van der Waals surface area contributed by atoms with E-state index in [1.807, 2.05) is 99.6 Å². The van der Waals surface area contributed by atoms with Crippen LogP contribution in [0.5, 0.6) is 0 Å². The third-order valence-corrected chi connectivity index (χ3v) is 6.54. The zero-order chi connectivity index (χ0) is 24.5. The summed E-state index contributed by atoms with van der Waals surface area (Å²) in [6.45, 7) is 6.26. The Morgan fingerprint density at radius 2 is 1.53 bits per heavy atom. The van der Waals surface area contributed by atoms with E-state index < -0.39 is 6.04 Å². The molecule has 34 heavy (non-hydrogen) atoms. The van der Waals surface area contributed by atoms with Gasteiger partial charge in [-0.15, -0.1) is 0 Å². The number of carbonyl (C=O) groups is 2. The van der Waals surface area contributed by atoms with E-state index in [1.54, 1.807) is 4.90 Å². The summed E-state index contributed by atoms with van der Waals surface area (Å²) in [5.41, 5.74) is 3.83. The molecule has 2 amide bonds. The fraction of sp³-hybridized carbons (Fsp3) is 0.310. The number of hydrogen-bond acceptors (Lipinski definition) is 2. The lowest BCUT2D eigenvalue weighted by molar-refractivity contribution is -0.141. The van der Waals surface area contributed by atoms with Crippen molar-refractivity contribution in [3.63, 3.8) is 0 Å². The zero-order valence-electron chi connectivity index (χ0n) is 20.1. The molecule has 0 unspecified atom stereocenters. The number of hydrogen-bond donors (Lipinski definition) is 1. The van der Waals surface area contributed by atoms with Crippen LogP contribution in [0.3, 0.4) is 0 Å². The van der Waals surface area contributed by atoms with Crippen LogP contribution in [0.4, 0.5) is 0 Å². The number of halogens is 1. The molecular formula is C29H33ClN2O2. The number of amides is 2. The number of aryl methyl sites for hydroxylation is 1. The Morgan fingerprint density at radius 3 is 2.18 bits per heavy atom. The van der Waals surface area contributed by atoms with Crippen LogP contribution in [0.2, 0.25) is 5.02 Å². The van der Waals surface area contributed by atoms with Crippen LogP contribution in [0.15, 0.2) is 78.9 Å². The molecule has 0 bridgehead atoms. The van der Waals surface area contributed by atoms with Crippen molar-refractivity contribution in [1.29, 1.82) is 0 Å². The average Bonchev–Trinajstić information content (AvgIpc) is 2.84. The van der Waals surface area contributed by atoms with Crippen LogP contribution in [0, 0.1) is 6.92 Å². The maximum atomic E-state index is 13.8. The molecule has 0 aliphatic heterocycles. The van der Waals surface area contributed by atoms with Crippen LogP contribution < -0.4 is 5.32 Å². The van der Waals surface area contributed by atoms with Gasteiger partial charge >= 0.3 is 0 Å². The highest BCUT2D eigenvalue weighted by Gasteiger charge is 2.31. The number of nitrogens with zero attached hydrogens (tertiary/aromatic N) is 1. The van der Waals surface area contributed by atoms with Crippen molar-refractivity contribution in [3.05, 3.63) is 106 Å². The summed E-state index contributed by atoms with van der Waals surface area (Å²) >= 11 is 6.47. The van der Waals surface area contributed by atoms with E-state index in [1.165, 1.54) is 0 Å². The van der Waals surface area contributed by atoms with Gasteiger partial charge in [0.05, 0.1) is 6.42 Å². The number of benzene rings is 3. The lowest BCUT2D eigenvalue weighted by atomic mass is 10.00. The van der Waals surface area contributed by atoms with E-state index in [0.29, 0.717) is 11.4 Å². The molecule has 3 rings (SSSR count). The van der Waals surface area contributed by atoms with E-state index in [4.69, 9.17) is 11.6 Å². The van der Waals surface area contributed by atoms with Gasteiger partial charge in [-0.25, -0.2) is 0 Å². The Morgan fingerprint density at radius 1 is 0.912 bits per heavy atom. The first kappa shape index (κ1) is 25.5. The SMILES string of the molecule is CC[C@@H](C)NC(=O)[C@H](Cc1ccccc1)N(Cc1ccccc1Cl)C(=O)Cc1ccccc1C. The first-order valence-corrected chi connectivity index (χ1v) is 12.2. The smallest absolute Gasteiger partial charge is 0.243 e. The van der Waals surface area contributed by atoms with Gasteiger partial charge in [0.15, 0.2) is 0 Å². The molecule has 3 aromatic rings. The molecule has 0 fully saturated rings. The molecule has 3 aromatic carbocycles. The average molecular weight is 477 g/mol. The maximum absolute atomic E-state index is 13.8. The van der Waals surface area contributed by atoms with Gasteiger partial charge in [-0.2, -0.15) is 0 Å². The highest BCUT2D eigenvalue weighted by molar-refractivity contribution is 6.31. The van der Waals surface area contributed by atoms with Gasteiger partial charge in [-0.1, -0.05) is 91.3 Å². The Hall–Kier alpha value is -3.11. The largest absolute Gasteiger partial charge is 0.352 e. The molecule has 0 aliphatic rings. The van der Waals surface area contributed by atoms with Gasteiger partial charge in [0.2, 0.25) is 11.8 Å². The van der Waals surface area contributed by atoms with Crippen molar-refractivity contribution in [2.75, 3.05) is 0 Å². The third kappa shape index (κ3) is 6.94. The van der Waals surface area contributed by atoms with E-state index in [0.717, 1.165) is 28.7 Å². The monoisotopic (exact) mass is 476 g/mol. The van der Waals surface area contributed by atoms with Crippen molar-refractivity contribution >= 4 is 23.4 Å². The number of nitrogens with one attached hydrogen (secondary N) is 1. The molecule has 0 aliphatic carbocycles. The molecule has 0 aromatic heterocycles. The van der Waals surface area contributed by atoms with E-state index >= 15 is 0 Å². The Labute approximate surface area is 207 Å². The molecule has 178 valence electrons. The molecule has 5 heteroatoms. The van der Waals surface area contributed by atoms with Gasteiger partial charge in [-0.3, -0.25) is 9.59 Å². The van der Waals surface area contributed by atoms with Crippen LogP contribution >= 0.6 is 11.6 Å². The van der Waals surface area contributed by atoms with Crippen LogP contribution in [0.1, 0.15) is 42.5 Å². The quantitative estimate of drug-likeness (QED) is 0.405. The summed E-state index contributed by atoms with van der Waals surface area (Å²) in [4.78, 5) is 29.0. The molecule has 0 saturated heterocycles. The van der Waals surface area contributed by atoms with E-state index in [9.17, 15) is 9.59 Å². The topological polar surface area (TPSA) is 49.4 Å². The summed E-state index contributed by atoms with van der Waals surface area (Å²) in [5, 5.41) is 3.68. The number of rotatable bonds is 10. The molecule has 0 heterocycles. The van der Waals surface area contributed by atoms with Gasteiger partial charge in [-0.05, 0) is 48.6 Å². The Kier molecular flexibility index (Phi) is 9.29. The van der Waals surface area contributed by atoms with Gasteiger partial charge < -0.3 is 10.2 Å². The summed E-state index contributed by atoms with van der Waals surface area (Å²) in [6, 6.07) is 24.5. The number of carbonyl (C=O) groups excluding carboxylic acids is 2. The molecule has 0 spiro atoms. The lowest BCUT2D eigenvalue weighted by Gasteiger charge is -2.32. The fourth-order valence-electron chi connectivity index (χ4n) is 3.88. The van der Waals surface area contributed by atoms with Crippen LogP contribution in [0.25, 0.3) is 0 Å². The van der Waals surface area contributed by atoms with Crippen molar-refractivity contribution < 1.29 is 9.59 Å². The van der Waals surface area contributed by atoms with Crippen molar-refractivity contribution in [2.45, 2.75) is 58.7 Å². The van der Waals surface area contributed by atoms with Crippen molar-refractivity contribution in [3.8, 4) is 0 Å². The second-order valence-electron chi connectivity index (χ2n) is 8.74. The fourth-order valence-corrected chi connectivity index (χ4v) is 4.07. The van der Waals surface area contributed by atoms with Crippen molar-refractivity contribution in [1.82, 2.24) is 10.2 Å². The standard InChI is InChI=1S/C29H33ClN2O2/c1-4-22(3)31-29(34)27(18-23-13-6-5-7-14-23)32(20-25-16-10-11-17-26(25)30)28(33)19-24-15-9-8-12-21(24)2/h5-17,22,27H,4,18-20H2,1-3H3,(H,31,34)/t22-,27+/m1/s1. The van der Waals surface area contributed by atoms with Gasteiger partial charge in [0, 0.05) is 24.0 Å².